The zero-order valence-electron chi connectivity index (χ0n) is 10.8. The predicted octanol–water partition coefficient (Wildman–Crippen LogP) is 1.91. The number of likely N-dealkylation sites (tertiary alicyclic amines) is 1. The number of carbonyl (C=O) groups excluding carboxylic acids is 1. The van der Waals surface area contributed by atoms with Crippen LogP contribution in [0.15, 0.2) is 12.1 Å². The van der Waals surface area contributed by atoms with Crippen LogP contribution in [-0.4, -0.2) is 29.9 Å². The van der Waals surface area contributed by atoms with Gasteiger partial charge in [0.1, 0.15) is 23.0 Å². The first-order chi connectivity index (χ1) is 9.47. The fourth-order valence-electron chi connectivity index (χ4n) is 3.38. The highest BCUT2D eigenvalue weighted by Gasteiger charge is 2.43. The van der Waals surface area contributed by atoms with E-state index in [4.69, 9.17) is 5.73 Å². The second-order valence-corrected chi connectivity index (χ2v) is 5.62. The van der Waals surface area contributed by atoms with Gasteiger partial charge in [0.25, 0.3) is 5.91 Å². The normalized spacial score (nSPS) is 28.8. The Morgan fingerprint density at radius 3 is 2.40 bits per heavy atom. The van der Waals surface area contributed by atoms with E-state index in [1.165, 1.54) is 4.90 Å². The molecule has 0 spiro atoms. The van der Waals surface area contributed by atoms with Crippen molar-refractivity contribution >= 4 is 5.91 Å². The molecule has 0 radical (unpaired) electrons. The summed E-state index contributed by atoms with van der Waals surface area (Å²) in [7, 11) is 0. The lowest BCUT2D eigenvalue weighted by atomic mass is 9.98. The Bertz CT molecular complexity index is 540. The van der Waals surface area contributed by atoms with Gasteiger partial charge in [0.15, 0.2) is 0 Å². The average molecular weight is 284 g/mol. The summed E-state index contributed by atoms with van der Waals surface area (Å²) in [5, 5.41) is 0. The van der Waals surface area contributed by atoms with E-state index in [1.54, 1.807) is 0 Å². The zero-order valence-corrected chi connectivity index (χ0v) is 10.8. The van der Waals surface area contributed by atoms with E-state index in [0.29, 0.717) is 31.1 Å². The van der Waals surface area contributed by atoms with Crippen LogP contribution in [0.3, 0.4) is 0 Å². The number of benzene rings is 1. The molecule has 3 rings (SSSR count). The number of rotatable bonds is 1. The van der Waals surface area contributed by atoms with Crippen molar-refractivity contribution in [3.63, 3.8) is 0 Å². The summed E-state index contributed by atoms with van der Waals surface area (Å²) >= 11 is 0. The van der Waals surface area contributed by atoms with Gasteiger partial charge in [-0.15, -0.1) is 0 Å². The van der Waals surface area contributed by atoms with Crippen molar-refractivity contribution in [2.75, 3.05) is 13.1 Å². The van der Waals surface area contributed by atoms with E-state index in [-0.39, 0.29) is 12.0 Å². The molecule has 2 aliphatic rings. The minimum atomic E-state index is -1.16. The lowest BCUT2D eigenvalue weighted by Crippen LogP contribution is -2.34. The fourth-order valence-corrected chi connectivity index (χ4v) is 3.38. The highest BCUT2D eigenvalue weighted by Crippen LogP contribution is 2.37. The molecule has 1 amide bonds. The van der Waals surface area contributed by atoms with E-state index in [2.05, 4.69) is 0 Å². The van der Waals surface area contributed by atoms with Crippen molar-refractivity contribution in [3.05, 3.63) is 35.1 Å². The van der Waals surface area contributed by atoms with E-state index in [1.807, 2.05) is 0 Å². The third kappa shape index (κ3) is 2.08. The van der Waals surface area contributed by atoms with E-state index >= 15 is 0 Å². The minimum absolute atomic E-state index is 0.0423. The number of fused-ring (bicyclic) bond motifs is 1. The molecule has 1 aliphatic heterocycles. The molecular formula is C14H15F3N2O. The number of amides is 1. The van der Waals surface area contributed by atoms with Crippen molar-refractivity contribution in [1.82, 2.24) is 4.90 Å². The molecule has 3 atom stereocenters. The van der Waals surface area contributed by atoms with Gasteiger partial charge < -0.3 is 10.6 Å². The third-order valence-electron chi connectivity index (χ3n) is 4.42. The van der Waals surface area contributed by atoms with Gasteiger partial charge in [-0.1, -0.05) is 0 Å². The molecule has 1 saturated carbocycles. The highest BCUT2D eigenvalue weighted by atomic mass is 19.1. The molecule has 1 saturated heterocycles. The molecule has 0 aromatic heterocycles. The van der Waals surface area contributed by atoms with Crippen LogP contribution in [-0.2, 0) is 0 Å². The third-order valence-corrected chi connectivity index (χ3v) is 4.42. The van der Waals surface area contributed by atoms with Gasteiger partial charge in [0.2, 0.25) is 0 Å². The van der Waals surface area contributed by atoms with Crippen LogP contribution in [0.1, 0.15) is 23.2 Å². The van der Waals surface area contributed by atoms with Crippen molar-refractivity contribution in [2.24, 2.45) is 17.6 Å². The first kappa shape index (κ1) is 13.4. The van der Waals surface area contributed by atoms with E-state index in [0.717, 1.165) is 12.8 Å². The Labute approximate surface area is 114 Å². The summed E-state index contributed by atoms with van der Waals surface area (Å²) in [6.45, 7) is 0.883. The van der Waals surface area contributed by atoms with Gasteiger partial charge in [-0.3, -0.25) is 4.79 Å². The predicted molar refractivity (Wildman–Crippen MR) is 66.4 cm³/mol. The molecule has 0 bridgehead atoms. The Hall–Kier alpha value is -1.56. The Balaban J connectivity index is 1.84. The summed E-state index contributed by atoms with van der Waals surface area (Å²) in [6, 6.07) is 1.10. The van der Waals surface area contributed by atoms with Crippen LogP contribution in [0, 0.1) is 29.3 Å². The van der Waals surface area contributed by atoms with E-state index in [9.17, 15) is 18.0 Å². The molecule has 20 heavy (non-hydrogen) atoms. The van der Waals surface area contributed by atoms with Gasteiger partial charge >= 0.3 is 0 Å². The molecule has 3 unspecified atom stereocenters. The maximum absolute atomic E-state index is 13.6. The van der Waals surface area contributed by atoms with Gasteiger partial charge in [0.05, 0.1) is 0 Å². The molecule has 108 valence electrons. The van der Waals surface area contributed by atoms with Crippen molar-refractivity contribution in [3.8, 4) is 0 Å². The lowest BCUT2D eigenvalue weighted by Gasteiger charge is -2.19. The van der Waals surface area contributed by atoms with Crippen LogP contribution < -0.4 is 5.73 Å². The van der Waals surface area contributed by atoms with Gasteiger partial charge in [-0.05, 0) is 24.7 Å². The highest BCUT2D eigenvalue weighted by molar-refractivity contribution is 5.95. The van der Waals surface area contributed by atoms with Crippen molar-refractivity contribution < 1.29 is 18.0 Å². The van der Waals surface area contributed by atoms with Crippen LogP contribution >= 0.6 is 0 Å². The molecule has 1 aliphatic carbocycles. The van der Waals surface area contributed by atoms with Gasteiger partial charge in [-0.25, -0.2) is 13.2 Å². The quantitative estimate of drug-likeness (QED) is 0.856. The molecule has 3 nitrogen and oxygen atoms in total. The smallest absolute Gasteiger partial charge is 0.259 e. The van der Waals surface area contributed by atoms with Crippen LogP contribution in [0.5, 0.6) is 0 Å². The lowest BCUT2D eigenvalue weighted by molar-refractivity contribution is 0.0769. The number of nitrogens with two attached hydrogens (primary N) is 1. The number of hydrogen-bond donors (Lipinski definition) is 1. The second-order valence-electron chi connectivity index (χ2n) is 5.62. The maximum atomic E-state index is 13.6. The average Bonchev–Trinajstić information content (AvgIpc) is 2.90. The summed E-state index contributed by atoms with van der Waals surface area (Å²) < 4.78 is 40.1. The van der Waals surface area contributed by atoms with Crippen LogP contribution in [0.2, 0.25) is 0 Å². The SMILES string of the molecule is NC1CCC2CN(C(=O)c3c(F)cc(F)cc3F)CC12. The molecule has 1 heterocycles. The minimum Gasteiger partial charge on any atom is -0.338 e. The van der Waals surface area contributed by atoms with Crippen LogP contribution in [0.4, 0.5) is 13.2 Å². The standard InChI is InChI=1S/C14H15F3N2O/c15-8-3-10(16)13(11(17)4-8)14(20)19-5-7-1-2-12(18)9(7)6-19/h3-4,7,9,12H,1-2,5-6,18H2. The first-order valence-corrected chi connectivity index (χ1v) is 6.66. The summed E-state index contributed by atoms with van der Waals surface area (Å²) in [5.74, 6) is -3.56. The van der Waals surface area contributed by atoms with Gasteiger partial charge in [-0.2, -0.15) is 0 Å². The summed E-state index contributed by atoms with van der Waals surface area (Å²) in [4.78, 5) is 13.6. The van der Waals surface area contributed by atoms with Crippen LogP contribution in [0.25, 0.3) is 0 Å². The second kappa shape index (κ2) is 4.77. The molecule has 6 heteroatoms. The number of hydrogen-bond acceptors (Lipinski definition) is 2. The van der Waals surface area contributed by atoms with Gasteiger partial charge in [0, 0.05) is 31.3 Å². The summed E-state index contributed by atoms with van der Waals surface area (Å²) in [5.41, 5.74) is 5.28. The number of nitrogens with zero attached hydrogens (tertiary/aromatic N) is 1. The Morgan fingerprint density at radius 2 is 1.80 bits per heavy atom. The Morgan fingerprint density at radius 1 is 1.15 bits per heavy atom. The molecule has 1 aromatic rings. The largest absolute Gasteiger partial charge is 0.338 e. The van der Waals surface area contributed by atoms with E-state index < -0.39 is 28.9 Å². The molecule has 2 N–H and O–H groups in total. The summed E-state index contributed by atoms with van der Waals surface area (Å²) in [6.07, 6.45) is 1.86. The molecule has 2 fully saturated rings. The van der Waals surface area contributed by atoms with Crippen molar-refractivity contribution in [2.45, 2.75) is 18.9 Å². The molecular weight excluding hydrogens is 269 g/mol. The Kier molecular flexibility index (Phi) is 3.20. The fraction of sp³-hybridized carbons (Fsp3) is 0.500. The number of halogens is 3. The number of carbonyl (C=O) groups is 1. The topological polar surface area (TPSA) is 46.3 Å². The van der Waals surface area contributed by atoms with Crippen molar-refractivity contribution in [1.29, 1.82) is 0 Å². The molecule has 1 aromatic carbocycles. The maximum Gasteiger partial charge on any atom is 0.259 e. The first-order valence-electron chi connectivity index (χ1n) is 6.66. The monoisotopic (exact) mass is 284 g/mol. The zero-order chi connectivity index (χ0) is 14.4.